The predicted octanol–water partition coefficient (Wildman–Crippen LogP) is 2.94. The molecule has 126 valence electrons. The molecule has 2 heterocycles. The maximum absolute atomic E-state index is 5.15. The number of imidazole rings is 1. The number of hydrogen-bond acceptors (Lipinski definition) is 5. The third-order valence-corrected chi connectivity index (χ3v) is 3.98. The summed E-state index contributed by atoms with van der Waals surface area (Å²) in [4.78, 5) is 15.9. The number of aryl methyl sites for hydroxylation is 2. The lowest BCUT2D eigenvalue weighted by atomic mass is 10.3. The highest BCUT2D eigenvalue weighted by Crippen LogP contribution is 2.19. The molecule has 0 aliphatic rings. The summed E-state index contributed by atoms with van der Waals surface area (Å²) in [7, 11) is 3.68. The second-order valence-electron chi connectivity index (χ2n) is 5.83. The van der Waals surface area contributed by atoms with Crippen LogP contribution >= 0.6 is 0 Å². The first-order valence-electron chi connectivity index (χ1n) is 8.11. The fourth-order valence-corrected chi connectivity index (χ4v) is 2.89. The van der Waals surface area contributed by atoms with Crippen LogP contribution in [0.25, 0.3) is 11.0 Å². The van der Waals surface area contributed by atoms with Crippen LogP contribution in [0.5, 0.6) is 0 Å². The molecule has 0 N–H and O–H groups in total. The molecule has 6 heteroatoms. The zero-order valence-electron chi connectivity index (χ0n) is 14.7. The number of ether oxygens (including phenoxy) is 1. The molecule has 0 spiro atoms. The molecule has 6 nitrogen and oxygen atoms in total. The summed E-state index contributed by atoms with van der Waals surface area (Å²) in [5, 5.41) is 0. The Hall–Kier alpha value is -2.47. The summed E-state index contributed by atoms with van der Waals surface area (Å²) >= 11 is 0. The van der Waals surface area contributed by atoms with Gasteiger partial charge in [-0.05, 0) is 26.0 Å². The quantitative estimate of drug-likeness (QED) is 0.697. The Bertz CT molecular complexity index is 843. The molecule has 0 amide bonds. The van der Waals surface area contributed by atoms with E-state index < -0.39 is 0 Å². The van der Waals surface area contributed by atoms with Crippen LogP contribution in [-0.2, 0) is 24.4 Å². The highest BCUT2D eigenvalue weighted by Gasteiger charge is 2.13. The standard InChI is InChI=1S/C18H23N5O/c1-5-23-15-9-7-6-8-14(15)20-18(23)11-22(3)17-10-13(2)19-16(21-17)12-24-4/h6-10H,5,11-12H2,1-4H3. The van der Waals surface area contributed by atoms with Crippen molar-refractivity contribution in [3.8, 4) is 0 Å². The zero-order chi connectivity index (χ0) is 17.1. The number of aromatic nitrogens is 4. The van der Waals surface area contributed by atoms with E-state index in [1.54, 1.807) is 7.11 Å². The van der Waals surface area contributed by atoms with Crippen LogP contribution < -0.4 is 4.90 Å². The summed E-state index contributed by atoms with van der Waals surface area (Å²) in [5.74, 6) is 2.61. The van der Waals surface area contributed by atoms with Gasteiger partial charge >= 0.3 is 0 Å². The molecule has 0 aliphatic carbocycles. The topological polar surface area (TPSA) is 56.1 Å². The lowest BCUT2D eigenvalue weighted by Gasteiger charge is -2.19. The van der Waals surface area contributed by atoms with E-state index in [2.05, 4.69) is 44.6 Å². The summed E-state index contributed by atoms with van der Waals surface area (Å²) in [6, 6.07) is 10.2. The van der Waals surface area contributed by atoms with Crippen molar-refractivity contribution in [1.29, 1.82) is 0 Å². The normalized spacial score (nSPS) is 11.2. The second kappa shape index (κ2) is 6.97. The van der Waals surface area contributed by atoms with Crippen LogP contribution in [0, 0.1) is 6.92 Å². The smallest absolute Gasteiger partial charge is 0.156 e. The van der Waals surface area contributed by atoms with Gasteiger partial charge in [0.1, 0.15) is 18.2 Å². The van der Waals surface area contributed by atoms with Crippen molar-refractivity contribution in [3.63, 3.8) is 0 Å². The molecule has 0 unspecified atom stereocenters. The highest BCUT2D eigenvalue weighted by atomic mass is 16.5. The summed E-state index contributed by atoms with van der Waals surface area (Å²) in [6.07, 6.45) is 0. The fraction of sp³-hybridized carbons (Fsp3) is 0.389. The first-order chi connectivity index (χ1) is 11.6. The Labute approximate surface area is 142 Å². The van der Waals surface area contributed by atoms with Crippen molar-refractivity contribution in [2.75, 3.05) is 19.1 Å². The first-order valence-corrected chi connectivity index (χ1v) is 8.11. The Morgan fingerprint density at radius 2 is 1.96 bits per heavy atom. The van der Waals surface area contributed by atoms with E-state index in [9.17, 15) is 0 Å². The van der Waals surface area contributed by atoms with E-state index in [1.807, 2.05) is 26.1 Å². The van der Waals surface area contributed by atoms with E-state index >= 15 is 0 Å². The summed E-state index contributed by atoms with van der Waals surface area (Å²) < 4.78 is 7.40. The number of benzene rings is 1. The lowest BCUT2D eigenvalue weighted by molar-refractivity contribution is 0.177. The van der Waals surface area contributed by atoms with Crippen molar-refractivity contribution >= 4 is 16.9 Å². The van der Waals surface area contributed by atoms with Gasteiger partial charge in [-0.1, -0.05) is 12.1 Å². The number of hydrogen-bond donors (Lipinski definition) is 0. The molecule has 2 aromatic heterocycles. The minimum Gasteiger partial charge on any atom is -0.377 e. The largest absolute Gasteiger partial charge is 0.377 e. The molecule has 0 radical (unpaired) electrons. The van der Waals surface area contributed by atoms with Gasteiger partial charge in [0.2, 0.25) is 0 Å². The minimum atomic E-state index is 0.413. The number of fused-ring (bicyclic) bond motifs is 1. The molecule has 3 aromatic rings. The molecule has 0 fully saturated rings. The Morgan fingerprint density at radius 3 is 2.71 bits per heavy atom. The van der Waals surface area contributed by atoms with Gasteiger partial charge in [-0.3, -0.25) is 0 Å². The molecule has 3 rings (SSSR count). The molecule has 0 bridgehead atoms. The Morgan fingerprint density at radius 1 is 1.17 bits per heavy atom. The van der Waals surface area contributed by atoms with Crippen molar-refractivity contribution in [3.05, 3.63) is 47.7 Å². The summed E-state index contributed by atoms with van der Waals surface area (Å²) in [6.45, 7) is 6.10. The van der Waals surface area contributed by atoms with Crippen LogP contribution in [0.15, 0.2) is 30.3 Å². The molecule has 0 atom stereocenters. The third kappa shape index (κ3) is 3.23. The van der Waals surface area contributed by atoms with Gasteiger partial charge in [0.15, 0.2) is 5.82 Å². The fourth-order valence-electron chi connectivity index (χ4n) is 2.89. The van der Waals surface area contributed by atoms with Gasteiger partial charge in [-0.2, -0.15) is 0 Å². The number of nitrogens with zero attached hydrogens (tertiary/aromatic N) is 5. The Kier molecular flexibility index (Phi) is 4.76. The van der Waals surface area contributed by atoms with Gasteiger partial charge in [0, 0.05) is 32.5 Å². The molecule has 0 saturated heterocycles. The van der Waals surface area contributed by atoms with E-state index in [4.69, 9.17) is 9.72 Å². The molecular formula is C18H23N5O. The van der Waals surface area contributed by atoms with Crippen LogP contribution in [0.1, 0.15) is 24.3 Å². The van der Waals surface area contributed by atoms with Crippen LogP contribution in [0.2, 0.25) is 0 Å². The van der Waals surface area contributed by atoms with E-state index in [1.165, 1.54) is 5.52 Å². The van der Waals surface area contributed by atoms with Crippen LogP contribution in [-0.4, -0.2) is 33.7 Å². The van der Waals surface area contributed by atoms with Crippen molar-refractivity contribution in [2.24, 2.45) is 0 Å². The monoisotopic (exact) mass is 325 g/mol. The van der Waals surface area contributed by atoms with Gasteiger partial charge in [0.05, 0.1) is 17.6 Å². The SMILES string of the molecule is CCn1c(CN(C)c2cc(C)nc(COC)n2)nc2ccccc21. The van der Waals surface area contributed by atoms with Gasteiger partial charge in [-0.25, -0.2) is 15.0 Å². The third-order valence-electron chi connectivity index (χ3n) is 3.98. The van der Waals surface area contributed by atoms with E-state index in [0.29, 0.717) is 19.0 Å². The van der Waals surface area contributed by atoms with E-state index in [-0.39, 0.29) is 0 Å². The first kappa shape index (κ1) is 16.4. The lowest BCUT2D eigenvalue weighted by Crippen LogP contribution is -2.21. The van der Waals surface area contributed by atoms with Crippen LogP contribution in [0.3, 0.4) is 0 Å². The molecule has 0 aliphatic heterocycles. The molecule has 24 heavy (non-hydrogen) atoms. The maximum Gasteiger partial charge on any atom is 0.156 e. The van der Waals surface area contributed by atoms with Gasteiger partial charge in [-0.15, -0.1) is 0 Å². The van der Waals surface area contributed by atoms with Crippen molar-refractivity contribution < 1.29 is 4.74 Å². The van der Waals surface area contributed by atoms with Gasteiger partial charge < -0.3 is 14.2 Å². The van der Waals surface area contributed by atoms with Gasteiger partial charge in [0.25, 0.3) is 0 Å². The van der Waals surface area contributed by atoms with Crippen LogP contribution in [0.4, 0.5) is 5.82 Å². The average Bonchev–Trinajstić information content (AvgIpc) is 2.91. The summed E-state index contributed by atoms with van der Waals surface area (Å²) in [5.41, 5.74) is 3.13. The Balaban J connectivity index is 1.91. The number of rotatable bonds is 6. The minimum absolute atomic E-state index is 0.413. The number of methoxy groups -OCH3 is 1. The molecule has 1 aromatic carbocycles. The zero-order valence-corrected chi connectivity index (χ0v) is 14.7. The predicted molar refractivity (Wildman–Crippen MR) is 95.0 cm³/mol. The highest BCUT2D eigenvalue weighted by molar-refractivity contribution is 5.76. The second-order valence-corrected chi connectivity index (χ2v) is 5.83. The molecule has 0 saturated carbocycles. The van der Waals surface area contributed by atoms with E-state index in [0.717, 1.165) is 29.4 Å². The van der Waals surface area contributed by atoms with Crippen molar-refractivity contribution in [1.82, 2.24) is 19.5 Å². The number of para-hydroxylation sites is 2. The maximum atomic E-state index is 5.15. The molecular weight excluding hydrogens is 302 g/mol. The average molecular weight is 325 g/mol. The van der Waals surface area contributed by atoms with Crippen molar-refractivity contribution in [2.45, 2.75) is 33.5 Å². The number of anilines is 1.